The Morgan fingerprint density at radius 1 is 1.91 bits per heavy atom. The van der Waals surface area contributed by atoms with Gasteiger partial charge in [-0.3, -0.25) is 4.84 Å². The maximum Gasteiger partial charge on any atom is 0.341 e. The van der Waals surface area contributed by atoms with Crippen molar-refractivity contribution in [2.45, 2.75) is 13.0 Å². The Morgan fingerprint density at radius 2 is 2.64 bits per heavy atom. The van der Waals surface area contributed by atoms with E-state index >= 15 is 0 Å². The quantitative estimate of drug-likeness (QED) is 0.534. The summed E-state index contributed by atoms with van der Waals surface area (Å²) in [5.41, 5.74) is 0. The molecule has 0 aromatic rings. The van der Waals surface area contributed by atoms with Crippen LogP contribution in [0.15, 0.2) is 0 Å². The molecular weight excluding hydrogens is 148 g/mol. The molecule has 1 saturated heterocycles. The summed E-state index contributed by atoms with van der Waals surface area (Å²) in [5, 5.41) is 12.7. The molecule has 0 aromatic heterocycles. The molecule has 5 heteroatoms. The second kappa shape index (κ2) is 3.54. The number of nitrogens with one attached hydrogen (secondary N) is 1. The van der Waals surface area contributed by atoms with Gasteiger partial charge >= 0.3 is 6.03 Å². The minimum Gasteiger partial charge on any atom is -0.389 e. The van der Waals surface area contributed by atoms with Gasteiger partial charge in [0.05, 0.1) is 6.54 Å². The molecule has 2 N–H and O–H groups in total. The van der Waals surface area contributed by atoms with Crippen LogP contribution in [0.2, 0.25) is 0 Å². The fourth-order valence-electron chi connectivity index (χ4n) is 0.854. The number of urea groups is 1. The highest BCUT2D eigenvalue weighted by Crippen LogP contribution is 2.04. The zero-order valence-corrected chi connectivity index (χ0v) is 6.41. The standard InChI is InChI=1S/C6H12N2O3/c1-2-7-6(10)8-3-5(9)4-11-8/h5,9H,2-4H2,1H3,(H,7,10)/t5-/m0/s1. The van der Waals surface area contributed by atoms with Gasteiger partial charge in [0.25, 0.3) is 0 Å². The van der Waals surface area contributed by atoms with Crippen molar-refractivity contribution >= 4 is 6.03 Å². The van der Waals surface area contributed by atoms with E-state index in [0.29, 0.717) is 6.54 Å². The van der Waals surface area contributed by atoms with Crippen LogP contribution in [0.5, 0.6) is 0 Å². The molecular formula is C6H12N2O3. The average Bonchev–Trinajstić information content (AvgIpc) is 2.36. The van der Waals surface area contributed by atoms with E-state index in [9.17, 15) is 4.79 Å². The van der Waals surface area contributed by atoms with Gasteiger partial charge in [0.2, 0.25) is 0 Å². The smallest absolute Gasteiger partial charge is 0.341 e. The van der Waals surface area contributed by atoms with Gasteiger partial charge in [-0.25, -0.2) is 9.86 Å². The second-order valence-electron chi connectivity index (χ2n) is 2.35. The molecule has 1 aliphatic heterocycles. The predicted octanol–water partition coefficient (Wildman–Crippen LogP) is -0.676. The lowest BCUT2D eigenvalue weighted by atomic mass is 10.4. The topological polar surface area (TPSA) is 61.8 Å². The molecule has 1 fully saturated rings. The molecule has 1 aliphatic rings. The highest BCUT2D eigenvalue weighted by molar-refractivity contribution is 5.73. The van der Waals surface area contributed by atoms with Crippen molar-refractivity contribution in [2.75, 3.05) is 19.7 Å². The van der Waals surface area contributed by atoms with E-state index in [2.05, 4.69) is 5.32 Å². The molecule has 0 saturated carbocycles. The van der Waals surface area contributed by atoms with Crippen LogP contribution in [-0.2, 0) is 4.84 Å². The molecule has 11 heavy (non-hydrogen) atoms. The average molecular weight is 160 g/mol. The number of nitrogens with zero attached hydrogens (tertiary/aromatic N) is 1. The lowest BCUT2D eigenvalue weighted by Crippen LogP contribution is -2.37. The summed E-state index contributed by atoms with van der Waals surface area (Å²) in [7, 11) is 0. The SMILES string of the molecule is CCNC(=O)N1C[C@H](O)CO1. The lowest BCUT2D eigenvalue weighted by molar-refractivity contribution is -0.0676. The molecule has 1 rings (SSSR count). The lowest BCUT2D eigenvalue weighted by Gasteiger charge is -2.13. The summed E-state index contributed by atoms with van der Waals surface area (Å²) in [6.45, 7) is 2.85. The van der Waals surface area contributed by atoms with Gasteiger partial charge in [-0.05, 0) is 6.92 Å². The number of carbonyl (C=O) groups excluding carboxylic acids is 1. The molecule has 5 nitrogen and oxygen atoms in total. The minimum absolute atomic E-state index is 0.205. The van der Waals surface area contributed by atoms with Gasteiger partial charge in [-0.15, -0.1) is 0 Å². The first-order chi connectivity index (χ1) is 5.24. The number of aliphatic hydroxyl groups is 1. The largest absolute Gasteiger partial charge is 0.389 e. The van der Waals surface area contributed by atoms with E-state index in [1.807, 2.05) is 6.92 Å². The first-order valence-electron chi connectivity index (χ1n) is 3.60. The molecule has 0 aliphatic carbocycles. The van der Waals surface area contributed by atoms with Crippen molar-refractivity contribution in [1.29, 1.82) is 0 Å². The maximum atomic E-state index is 11.0. The highest BCUT2D eigenvalue weighted by Gasteiger charge is 2.25. The molecule has 0 radical (unpaired) electrons. The fourth-order valence-corrected chi connectivity index (χ4v) is 0.854. The summed E-state index contributed by atoms with van der Waals surface area (Å²) < 4.78 is 0. The van der Waals surface area contributed by atoms with E-state index < -0.39 is 6.10 Å². The number of carbonyl (C=O) groups is 1. The molecule has 1 heterocycles. The van der Waals surface area contributed by atoms with Gasteiger partial charge in [0.1, 0.15) is 12.7 Å². The van der Waals surface area contributed by atoms with Crippen molar-refractivity contribution in [3.05, 3.63) is 0 Å². The van der Waals surface area contributed by atoms with Crippen molar-refractivity contribution < 1.29 is 14.7 Å². The number of hydroxylamine groups is 2. The normalized spacial score (nSPS) is 23.8. The van der Waals surface area contributed by atoms with Crippen LogP contribution >= 0.6 is 0 Å². The zero-order chi connectivity index (χ0) is 8.27. The van der Waals surface area contributed by atoms with E-state index in [4.69, 9.17) is 9.94 Å². The Morgan fingerprint density at radius 3 is 3.09 bits per heavy atom. The summed E-state index contributed by atoms with van der Waals surface area (Å²) >= 11 is 0. The van der Waals surface area contributed by atoms with E-state index in [1.54, 1.807) is 0 Å². The third-order valence-electron chi connectivity index (χ3n) is 1.35. The van der Waals surface area contributed by atoms with E-state index in [-0.39, 0.29) is 19.2 Å². The minimum atomic E-state index is -0.544. The third kappa shape index (κ3) is 2.06. The maximum absolute atomic E-state index is 11.0. The van der Waals surface area contributed by atoms with Crippen LogP contribution in [0.4, 0.5) is 4.79 Å². The number of aliphatic hydroxyl groups excluding tert-OH is 1. The van der Waals surface area contributed by atoms with Gasteiger partial charge in [-0.2, -0.15) is 0 Å². The summed E-state index contributed by atoms with van der Waals surface area (Å²) in [6, 6.07) is -0.288. The predicted molar refractivity (Wildman–Crippen MR) is 37.7 cm³/mol. The van der Waals surface area contributed by atoms with Crippen LogP contribution in [0.1, 0.15) is 6.92 Å². The van der Waals surface area contributed by atoms with Crippen LogP contribution < -0.4 is 5.32 Å². The molecule has 1 atom stereocenters. The Bertz CT molecular complexity index is 151. The van der Waals surface area contributed by atoms with Crippen LogP contribution in [0.25, 0.3) is 0 Å². The molecule has 64 valence electrons. The highest BCUT2D eigenvalue weighted by atomic mass is 16.7. The molecule has 0 aromatic carbocycles. The van der Waals surface area contributed by atoms with Gasteiger partial charge < -0.3 is 10.4 Å². The monoisotopic (exact) mass is 160 g/mol. The summed E-state index contributed by atoms with van der Waals surface area (Å²) in [4.78, 5) is 15.8. The number of amides is 2. The number of β-amino-alcohol motifs (C(OH)–C–C–N with tert-alkyl or cyclic N) is 1. The number of hydrogen-bond donors (Lipinski definition) is 2. The van der Waals surface area contributed by atoms with Crippen LogP contribution in [0, 0.1) is 0 Å². The Kier molecular flexibility index (Phi) is 2.67. The van der Waals surface area contributed by atoms with Crippen molar-refractivity contribution in [3.63, 3.8) is 0 Å². The van der Waals surface area contributed by atoms with Crippen molar-refractivity contribution in [1.82, 2.24) is 10.4 Å². The van der Waals surface area contributed by atoms with Crippen LogP contribution in [0.3, 0.4) is 0 Å². The summed E-state index contributed by atoms with van der Waals surface area (Å²) in [5.74, 6) is 0. The third-order valence-corrected chi connectivity index (χ3v) is 1.35. The van der Waals surface area contributed by atoms with Crippen molar-refractivity contribution in [3.8, 4) is 0 Å². The van der Waals surface area contributed by atoms with Gasteiger partial charge in [-0.1, -0.05) is 0 Å². The van der Waals surface area contributed by atoms with Gasteiger partial charge in [0, 0.05) is 6.54 Å². The molecule has 0 bridgehead atoms. The zero-order valence-electron chi connectivity index (χ0n) is 6.41. The van der Waals surface area contributed by atoms with Crippen molar-refractivity contribution in [2.24, 2.45) is 0 Å². The fraction of sp³-hybridized carbons (Fsp3) is 0.833. The number of hydrogen-bond acceptors (Lipinski definition) is 3. The van der Waals surface area contributed by atoms with Crippen LogP contribution in [-0.4, -0.2) is 42.0 Å². The Labute approximate surface area is 64.9 Å². The Balaban J connectivity index is 2.31. The number of rotatable bonds is 1. The van der Waals surface area contributed by atoms with E-state index in [0.717, 1.165) is 5.06 Å². The van der Waals surface area contributed by atoms with Gasteiger partial charge in [0.15, 0.2) is 0 Å². The first kappa shape index (κ1) is 8.29. The second-order valence-corrected chi connectivity index (χ2v) is 2.35. The molecule has 2 amide bonds. The molecule has 0 spiro atoms. The first-order valence-corrected chi connectivity index (χ1v) is 3.60. The Hall–Kier alpha value is -0.810. The summed E-state index contributed by atoms with van der Waals surface area (Å²) in [6.07, 6.45) is -0.544. The van der Waals surface area contributed by atoms with E-state index in [1.165, 1.54) is 0 Å². The molecule has 0 unspecified atom stereocenters.